The third-order valence-corrected chi connectivity index (χ3v) is 5.10. The Balaban J connectivity index is 1.73. The highest BCUT2D eigenvalue weighted by Gasteiger charge is 2.17. The van der Waals surface area contributed by atoms with Crippen LogP contribution < -0.4 is 10.2 Å². The minimum atomic E-state index is -0.261. The Kier molecular flexibility index (Phi) is 6.16. The third kappa shape index (κ3) is 4.90. The van der Waals surface area contributed by atoms with Crippen LogP contribution in [0.2, 0.25) is 0 Å². The quantitative estimate of drug-likeness (QED) is 0.550. The third-order valence-electron chi connectivity index (χ3n) is 3.57. The SMILES string of the molecule is CC(=O)N(c1ccccc1)c1nc(/C=C/C(=O)Nc2ccccc2Br)cs1. The maximum atomic E-state index is 12.1. The van der Waals surface area contributed by atoms with Crippen LogP contribution >= 0.6 is 27.3 Å². The maximum absolute atomic E-state index is 12.1. The summed E-state index contributed by atoms with van der Waals surface area (Å²) in [4.78, 5) is 30.2. The van der Waals surface area contributed by atoms with Gasteiger partial charge in [-0.2, -0.15) is 0 Å². The van der Waals surface area contributed by atoms with Crippen molar-refractivity contribution in [1.82, 2.24) is 4.98 Å². The van der Waals surface area contributed by atoms with Crippen LogP contribution in [0.25, 0.3) is 6.08 Å². The summed E-state index contributed by atoms with van der Waals surface area (Å²) >= 11 is 4.73. The molecule has 7 heteroatoms. The Morgan fingerprint density at radius 1 is 1.11 bits per heavy atom. The van der Waals surface area contributed by atoms with Gasteiger partial charge >= 0.3 is 0 Å². The molecule has 1 heterocycles. The number of hydrogen-bond acceptors (Lipinski definition) is 4. The molecule has 0 aliphatic rings. The van der Waals surface area contributed by atoms with Gasteiger partial charge in [0.05, 0.1) is 17.1 Å². The monoisotopic (exact) mass is 441 g/mol. The average molecular weight is 442 g/mol. The van der Waals surface area contributed by atoms with Crippen LogP contribution in [0.5, 0.6) is 0 Å². The molecule has 2 aromatic carbocycles. The van der Waals surface area contributed by atoms with E-state index in [0.29, 0.717) is 16.5 Å². The molecule has 0 fully saturated rings. The lowest BCUT2D eigenvalue weighted by Crippen LogP contribution is -2.22. The van der Waals surface area contributed by atoms with E-state index in [1.54, 1.807) is 22.4 Å². The second-order valence-corrected chi connectivity index (χ2v) is 7.24. The molecule has 0 bridgehead atoms. The number of thiazole rings is 1. The van der Waals surface area contributed by atoms with Crippen LogP contribution in [0, 0.1) is 0 Å². The van der Waals surface area contributed by atoms with Crippen LogP contribution in [0.4, 0.5) is 16.5 Å². The van der Waals surface area contributed by atoms with Gasteiger partial charge in [0.15, 0.2) is 5.13 Å². The minimum Gasteiger partial charge on any atom is -0.321 e. The highest BCUT2D eigenvalue weighted by Crippen LogP contribution is 2.29. The molecule has 136 valence electrons. The number of nitrogens with zero attached hydrogens (tertiary/aromatic N) is 2. The molecule has 3 rings (SSSR count). The van der Waals surface area contributed by atoms with Crippen LogP contribution in [-0.2, 0) is 9.59 Å². The van der Waals surface area contributed by atoms with Crippen molar-refractivity contribution >= 4 is 61.7 Å². The lowest BCUT2D eigenvalue weighted by molar-refractivity contribution is -0.116. The molecule has 3 aromatic rings. The van der Waals surface area contributed by atoms with Crippen LogP contribution in [0.1, 0.15) is 12.6 Å². The van der Waals surface area contributed by atoms with E-state index in [1.165, 1.54) is 24.3 Å². The first-order valence-electron chi connectivity index (χ1n) is 8.09. The number of halogens is 1. The van der Waals surface area contributed by atoms with E-state index in [1.807, 2.05) is 48.5 Å². The Hall–Kier alpha value is -2.77. The summed E-state index contributed by atoms with van der Waals surface area (Å²) in [6, 6.07) is 16.7. The molecule has 0 saturated heterocycles. The van der Waals surface area contributed by atoms with E-state index >= 15 is 0 Å². The van der Waals surface area contributed by atoms with Gasteiger partial charge in [0.1, 0.15) is 0 Å². The van der Waals surface area contributed by atoms with Gasteiger partial charge in [-0.1, -0.05) is 30.3 Å². The number of aromatic nitrogens is 1. The number of benzene rings is 2. The first kappa shape index (κ1) is 19.0. The predicted molar refractivity (Wildman–Crippen MR) is 113 cm³/mol. The van der Waals surface area contributed by atoms with Gasteiger partial charge < -0.3 is 5.32 Å². The van der Waals surface area contributed by atoms with Gasteiger partial charge in [0.25, 0.3) is 0 Å². The van der Waals surface area contributed by atoms with Crippen LogP contribution in [-0.4, -0.2) is 16.8 Å². The zero-order chi connectivity index (χ0) is 19.2. The molecule has 0 spiro atoms. The van der Waals surface area contributed by atoms with Crippen molar-refractivity contribution in [2.45, 2.75) is 6.92 Å². The molecule has 1 aromatic heterocycles. The van der Waals surface area contributed by atoms with Crippen molar-refractivity contribution in [2.75, 3.05) is 10.2 Å². The molecule has 0 radical (unpaired) electrons. The maximum Gasteiger partial charge on any atom is 0.248 e. The first-order chi connectivity index (χ1) is 13.0. The summed E-state index contributed by atoms with van der Waals surface area (Å²) in [5, 5.41) is 5.15. The molecule has 27 heavy (non-hydrogen) atoms. The lowest BCUT2D eigenvalue weighted by atomic mass is 10.3. The summed E-state index contributed by atoms with van der Waals surface area (Å²) < 4.78 is 0.808. The predicted octanol–water partition coefficient (Wildman–Crippen LogP) is 5.24. The van der Waals surface area contributed by atoms with Crippen molar-refractivity contribution in [1.29, 1.82) is 0 Å². The molecular formula is C20H16BrN3O2S. The molecule has 1 N–H and O–H groups in total. The minimum absolute atomic E-state index is 0.127. The van der Waals surface area contributed by atoms with Gasteiger partial charge in [-0.15, -0.1) is 11.3 Å². The topological polar surface area (TPSA) is 62.3 Å². The van der Waals surface area contributed by atoms with Crippen molar-refractivity contribution in [3.63, 3.8) is 0 Å². The number of carbonyl (C=O) groups excluding carboxylic acids is 2. The molecule has 0 aliphatic carbocycles. The second-order valence-electron chi connectivity index (χ2n) is 5.55. The molecule has 5 nitrogen and oxygen atoms in total. The fourth-order valence-electron chi connectivity index (χ4n) is 2.36. The molecular weight excluding hydrogens is 426 g/mol. The number of para-hydroxylation sites is 2. The zero-order valence-corrected chi connectivity index (χ0v) is 16.8. The van der Waals surface area contributed by atoms with Crippen molar-refractivity contribution < 1.29 is 9.59 Å². The van der Waals surface area contributed by atoms with E-state index < -0.39 is 0 Å². The van der Waals surface area contributed by atoms with E-state index in [9.17, 15) is 9.59 Å². The zero-order valence-electron chi connectivity index (χ0n) is 14.4. The number of amides is 2. The van der Waals surface area contributed by atoms with E-state index in [2.05, 4.69) is 26.2 Å². The standard InChI is InChI=1S/C20H16BrN3O2S/c1-14(25)24(16-7-3-2-4-8-16)20-22-15(13-27-20)11-12-19(26)23-18-10-6-5-9-17(18)21/h2-13H,1H3,(H,23,26)/b12-11+. The smallest absolute Gasteiger partial charge is 0.248 e. The summed E-state index contributed by atoms with van der Waals surface area (Å²) in [6.07, 6.45) is 3.04. The number of hydrogen-bond donors (Lipinski definition) is 1. The Labute approximate surface area is 169 Å². The molecule has 0 atom stereocenters. The van der Waals surface area contributed by atoms with Gasteiger partial charge in [0, 0.05) is 22.9 Å². The summed E-state index contributed by atoms with van der Waals surface area (Å²) in [5.74, 6) is -0.388. The van der Waals surface area contributed by atoms with Gasteiger partial charge in [-0.25, -0.2) is 4.98 Å². The van der Waals surface area contributed by atoms with Crippen LogP contribution in [0.15, 0.2) is 70.5 Å². The molecule has 2 amide bonds. The van der Waals surface area contributed by atoms with Gasteiger partial charge in [-0.3, -0.25) is 14.5 Å². The molecule has 0 unspecified atom stereocenters. The Bertz CT molecular complexity index is 986. The van der Waals surface area contributed by atoms with Gasteiger partial charge in [0.2, 0.25) is 11.8 Å². The van der Waals surface area contributed by atoms with E-state index in [0.717, 1.165) is 10.2 Å². The average Bonchev–Trinajstić information content (AvgIpc) is 3.11. The summed E-state index contributed by atoms with van der Waals surface area (Å²) in [5.41, 5.74) is 2.05. The lowest BCUT2D eigenvalue weighted by Gasteiger charge is -2.17. The second kappa shape index (κ2) is 8.75. The van der Waals surface area contributed by atoms with Gasteiger partial charge in [-0.05, 0) is 46.3 Å². The van der Waals surface area contributed by atoms with Crippen LogP contribution in [0.3, 0.4) is 0 Å². The van der Waals surface area contributed by atoms with E-state index in [-0.39, 0.29) is 11.8 Å². The number of carbonyl (C=O) groups is 2. The number of rotatable bonds is 5. The highest BCUT2D eigenvalue weighted by molar-refractivity contribution is 9.10. The molecule has 0 aliphatic heterocycles. The number of nitrogens with one attached hydrogen (secondary N) is 1. The number of anilines is 3. The van der Waals surface area contributed by atoms with Crippen molar-refractivity contribution in [3.05, 3.63) is 76.2 Å². The summed E-state index contributed by atoms with van der Waals surface area (Å²) in [7, 11) is 0. The van der Waals surface area contributed by atoms with Crippen molar-refractivity contribution in [2.24, 2.45) is 0 Å². The Morgan fingerprint density at radius 3 is 2.52 bits per heavy atom. The largest absolute Gasteiger partial charge is 0.321 e. The highest BCUT2D eigenvalue weighted by atomic mass is 79.9. The Morgan fingerprint density at radius 2 is 1.81 bits per heavy atom. The van der Waals surface area contributed by atoms with Crippen molar-refractivity contribution in [3.8, 4) is 0 Å². The fourth-order valence-corrected chi connectivity index (χ4v) is 3.60. The normalized spacial score (nSPS) is 10.7. The van der Waals surface area contributed by atoms with E-state index in [4.69, 9.17) is 0 Å². The first-order valence-corrected chi connectivity index (χ1v) is 9.77. The molecule has 0 saturated carbocycles. The fraction of sp³-hybridized carbons (Fsp3) is 0.0500. The summed E-state index contributed by atoms with van der Waals surface area (Å²) in [6.45, 7) is 1.50.